The second-order valence-electron chi connectivity index (χ2n) is 7.41. The molecular weight excluding hydrogens is 266 g/mol. The van der Waals surface area contributed by atoms with E-state index in [1.54, 1.807) is 0 Å². The Morgan fingerprint density at radius 2 is 2.10 bits per heavy atom. The molecule has 0 spiro atoms. The zero-order valence-electron chi connectivity index (χ0n) is 13.6. The molecule has 0 bridgehead atoms. The van der Waals surface area contributed by atoms with Gasteiger partial charge in [0.05, 0.1) is 0 Å². The van der Waals surface area contributed by atoms with E-state index in [1.165, 1.54) is 0 Å². The first kappa shape index (κ1) is 15.7. The van der Waals surface area contributed by atoms with Crippen LogP contribution in [-0.4, -0.2) is 24.7 Å². The van der Waals surface area contributed by atoms with Crippen molar-refractivity contribution in [3.63, 3.8) is 0 Å². The van der Waals surface area contributed by atoms with E-state index in [0.29, 0.717) is 12.3 Å². The average Bonchev–Trinajstić information content (AvgIpc) is 2.67. The summed E-state index contributed by atoms with van der Waals surface area (Å²) in [5.41, 5.74) is 0.986. The molecule has 1 aliphatic rings. The Labute approximate surface area is 126 Å². The molecule has 0 saturated carbocycles. The molecule has 1 amide bonds. The second-order valence-corrected chi connectivity index (χ2v) is 7.41. The van der Waals surface area contributed by atoms with Gasteiger partial charge in [-0.3, -0.25) is 4.79 Å². The minimum atomic E-state index is -0.212. The van der Waals surface area contributed by atoms with Crippen molar-refractivity contribution in [2.24, 2.45) is 5.41 Å². The standard InChI is InChI=1S/C17H25NO3/c1-16(2,3)11-18-14(19)10-20-13-8-6-7-12-9-17(4,5)21-15(12)13/h6-8H,9-11H2,1-5H3,(H,18,19). The van der Waals surface area contributed by atoms with E-state index < -0.39 is 0 Å². The summed E-state index contributed by atoms with van der Waals surface area (Å²) >= 11 is 0. The van der Waals surface area contributed by atoms with Gasteiger partial charge in [0.15, 0.2) is 18.1 Å². The maximum absolute atomic E-state index is 11.8. The average molecular weight is 291 g/mol. The highest BCUT2D eigenvalue weighted by molar-refractivity contribution is 5.77. The second kappa shape index (κ2) is 5.58. The van der Waals surface area contributed by atoms with Crippen LogP contribution in [-0.2, 0) is 11.2 Å². The molecular formula is C17H25NO3. The highest BCUT2D eigenvalue weighted by Crippen LogP contribution is 2.41. The van der Waals surface area contributed by atoms with Gasteiger partial charge in [0.1, 0.15) is 5.60 Å². The van der Waals surface area contributed by atoms with Crippen molar-refractivity contribution in [1.82, 2.24) is 5.32 Å². The lowest BCUT2D eigenvalue weighted by Gasteiger charge is -2.19. The van der Waals surface area contributed by atoms with E-state index in [4.69, 9.17) is 9.47 Å². The number of benzene rings is 1. The lowest BCUT2D eigenvalue weighted by Crippen LogP contribution is -2.35. The molecule has 1 heterocycles. The number of para-hydroxylation sites is 1. The molecule has 0 atom stereocenters. The Morgan fingerprint density at radius 1 is 1.38 bits per heavy atom. The maximum atomic E-state index is 11.8. The number of hydrogen-bond donors (Lipinski definition) is 1. The van der Waals surface area contributed by atoms with Gasteiger partial charge < -0.3 is 14.8 Å². The summed E-state index contributed by atoms with van der Waals surface area (Å²) in [4.78, 5) is 11.8. The van der Waals surface area contributed by atoms with Gasteiger partial charge in [-0.05, 0) is 25.3 Å². The predicted molar refractivity (Wildman–Crippen MR) is 82.8 cm³/mol. The molecule has 1 aromatic rings. The van der Waals surface area contributed by atoms with Gasteiger partial charge in [0.25, 0.3) is 5.91 Å². The van der Waals surface area contributed by atoms with Crippen LogP contribution in [0.2, 0.25) is 0 Å². The van der Waals surface area contributed by atoms with Crippen molar-refractivity contribution in [2.45, 2.75) is 46.6 Å². The van der Waals surface area contributed by atoms with E-state index in [2.05, 4.69) is 26.1 Å². The third-order valence-electron chi connectivity index (χ3n) is 3.23. The molecule has 0 radical (unpaired) electrons. The summed E-state index contributed by atoms with van der Waals surface area (Å²) in [5.74, 6) is 1.30. The quantitative estimate of drug-likeness (QED) is 0.928. The minimum Gasteiger partial charge on any atom is -0.483 e. The molecule has 1 aromatic carbocycles. The van der Waals surface area contributed by atoms with Gasteiger partial charge in [-0.1, -0.05) is 32.9 Å². The summed E-state index contributed by atoms with van der Waals surface area (Å²) < 4.78 is 11.5. The Bertz CT molecular complexity index is 529. The number of carbonyl (C=O) groups excluding carboxylic acids is 1. The van der Waals surface area contributed by atoms with Crippen LogP contribution >= 0.6 is 0 Å². The van der Waals surface area contributed by atoms with Gasteiger partial charge in [-0.2, -0.15) is 0 Å². The Hall–Kier alpha value is -1.71. The summed E-state index contributed by atoms with van der Waals surface area (Å²) in [6, 6.07) is 5.82. The van der Waals surface area contributed by atoms with Crippen molar-refractivity contribution in [2.75, 3.05) is 13.2 Å². The van der Waals surface area contributed by atoms with Crippen molar-refractivity contribution < 1.29 is 14.3 Å². The Balaban J connectivity index is 1.94. The highest BCUT2D eigenvalue weighted by atomic mass is 16.5. The first-order chi connectivity index (χ1) is 9.66. The third-order valence-corrected chi connectivity index (χ3v) is 3.23. The Morgan fingerprint density at radius 3 is 2.76 bits per heavy atom. The largest absolute Gasteiger partial charge is 0.483 e. The smallest absolute Gasteiger partial charge is 0.257 e. The third kappa shape index (κ3) is 4.38. The van der Waals surface area contributed by atoms with E-state index in [9.17, 15) is 4.79 Å². The molecule has 0 fully saturated rings. The molecule has 116 valence electrons. The first-order valence-electron chi connectivity index (χ1n) is 7.37. The fourth-order valence-corrected chi connectivity index (χ4v) is 2.26. The van der Waals surface area contributed by atoms with Crippen molar-refractivity contribution in [1.29, 1.82) is 0 Å². The molecule has 0 aliphatic carbocycles. The number of nitrogens with one attached hydrogen (secondary N) is 1. The van der Waals surface area contributed by atoms with Crippen LogP contribution in [0, 0.1) is 5.41 Å². The zero-order chi connectivity index (χ0) is 15.7. The van der Waals surface area contributed by atoms with Crippen molar-refractivity contribution in [3.8, 4) is 11.5 Å². The summed E-state index contributed by atoms with van der Waals surface area (Å²) in [5, 5.41) is 2.87. The summed E-state index contributed by atoms with van der Waals surface area (Å²) in [7, 11) is 0. The van der Waals surface area contributed by atoms with Gasteiger partial charge >= 0.3 is 0 Å². The van der Waals surface area contributed by atoms with Crippen LogP contribution in [0.4, 0.5) is 0 Å². The first-order valence-corrected chi connectivity index (χ1v) is 7.37. The number of hydrogen-bond acceptors (Lipinski definition) is 3. The molecule has 0 unspecified atom stereocenters. The van der Waals surface area contributed by atoms with Crippen molar-refractivity contribution >= 4 is 5.91 Å². The molecule has 2 rings (SSSR count). The van der Waals surface area contributed by atoms with Crippen LogP contribution in [0.25, 0.3) is 0 Å². The lowest BCUT2D eigenvalue weighted by molar-refractivity contribution is -0.123. The molecule has 1 aliphatic heterocycles. The number of amides is 1. The van der Waals surface area contributed by atoms with Gasteiger partial charge in [-0.15, -0.1) is 0 Å². The van der Waals surface area contributed by atoms with Crippen LogP contribution < -0.4 is 14.8 Å². The predicted octanol–water partition coefficient (Wildman–Crippen LogP) is 2.94. The topological polar surface area (TPSA) is 47.6 Å². The summed E-state index contributed by atoms with van der Waals surface area (Å²) in [6.07, 6.45) is 0.857. The summed E-state index contributed by atoms with van der Waals surface area (Å²) in [6.45, 7) is 11.0. The number of fused-ring (bicyclic) bond motifs is 1. The Kier molecular flexibility index (Phi) is 4.17. The van der Waals surface area contributed by atoms with Gasteiger partial charge in [0, 0.05) is 18.5 Å². The molecule has 0 aromatic heterocycles. The van der Waals surface area contributed by atoms with Gasteiger partial charge in [-0.25, -0.2) is 0 Å². The van der Waals surface area contributed by atoms with Crippen molar-refractivity contribution in [3.05, 3.63) is 23.8 Å². The molecule has 0 saturated heterocycles. The van der Waals surface area contributed by atoms with Crippen LogP contribution in [0.15, 0.2) is 18.2 Å². The fourth-order valence-electron chi connectivity index (χ4n) is 2.26. The maximum Gasteiger partial charge on any atom is 0.257 e. The van der Waals surface area contributed by atoms with E-state index in [-0.39, 0.29) is 23.5 Å². The molecule has 1 N–H and O–H groups in total. The SMILES string of the molecule is CC(C)(C)CNC(=O)COc1cccc2c1OC(C)(C)C2. The fraction of sp³-hybridized carbons (Fsp3) is 0.588. The molecule has 4 nitrogen and oxygen atoms in total. The van der Waals surface area contributed by atoms with Gasteiger partial charge in [0.2, 0.25) is 0 Å². The monoisotopic (exact) mass is 291 g/mol. The number of ether oxygens (including phenoxy) is 2. The normalized spacial score (nSPS) is 16.0. The lowest BCUT2D eigenvalue weighted by atomic mass is 9.97. The van der Waals surface area contributed by atoms with Crippen LogP contribution in [0.3, 0.4) is 0 Å². The van der Waals surface area contributed by atoms with E-state index in [0.717, 1.165) is 17.7 Å². The molecule has 21 heavy (non-hydrogen) atoms. The van der Waals surface area contributed by atoms with Crippen LogP contribution in [0.5, 0.6) is 11.5 Å². The minimum absolute atomic E-state index is 0.0102. The van der Waals surface area contributed by atoms with Crippen LogP contribution in [0.1, 0.15) is 40.2 Å². The highest BCUT2D eigenvalue weighted by Gasteiger charge is 2.32. The van der Waals surface area contributed by atoms with E-state index in [1.807, 2.05) is 32.0 Å². The number of carbonyl (C=O) groups is 1. The zero-order valence-corrected chi connectivity index (χ0v) is 13.6. The molecule has 4 heteroatoms. The van der Waals surface area contributed by atoms with E-state index >= 15 is 0 Å². The number of rotatable bonds is 4.